The Morgan fingerprint density at radius 1 is 1.23 bits per heavy atom. The van der Waals surface area contributed by atoms with Gasteiger partial charge in [-0.15, -0.1) is 0 Å². The fraction of sp³-hybridized carbons (Fsp3) is 0.133. The second-order valence-electron chi connectivity index (χ2n) is 4.57. The molecule has 0 N–H and O–H groups in total. The van der Waals surface area contributed by atoms with Gasteiger partial charge in [-0.05, 0) is 31.2 Å². The van der Waals surface area contributed by atoms with Crippen molar-refractivity contribution in [2.24, 2.45) is 0 Å². The van der Waals surface area contributed by atoms with E-state index in [-0.39, 0.29) is 22.7 Å². The number of carbonyl (C=O) groups excluding carboxylic acids is 1. The van der Waals surface area contributed by atoms with Crippen LogP contribution in [0.5, 0.6) is 5.75 Å². The Hall–Kier alpha value is -1.73. The summed E-state index contributed by atoms with van der Waals surface area (Å²) in [5.41, 5.74) is 0.135. The van der Waals surface area contributed by atoms with E-state index in [9.17, 15) is 17.6 Å². The average molecular weight is 387 g/mol. The van der Waals surface area contributed by atoms with Crippen LogP contribution in [0.4, 0.5) is 4.39 Å². The van der Waals surface area contributed by atoms with Gasteiger partial charge in [-0.3, -0.25) is 4.79 Å². The maximum atomic E-state index is 13.5. The van der Waals surface area contributed by atoms with Gasteiger partial charge in [-0.1, -0.05) is 34.1 Å². The SMILES string of the molecule is CC(=O)c1cc(Br)ccc1OS(=O)(=O)Cc1ccccc1F. The van der Waals surface area contributed by atoms with Crippen LogP contribution in [-0.4, -0.2) is 14.2 Å². The number of halogens is 2. The van der Waals surface area contributed by atoms with Gasteiger partial charge in [-0.2, -0.15) is 8.42 Å². The summed E-state index contributed by atoms with van der Waals surface area (Å²) in [4.78, 5) is 11.6. The minimum atomic E-state index is -4.09. The predicted octanol–water partition coefficient (Wildman–Crippen LogP) is 3.70. The molecule has 0 heterocycles. The van der Waals surface area contributed by atoms with E-state index >= 15 is 0 Å². The number of hydrogen-bond acceptors (Lipinski definition) is 4. The fourth-order valence-corrected chi connectivity index (χ4v) is 3.28. The van der Waals surface area contributed by atoms with Crippen molar-refractivity contribution in [3.8, 4) is 5.75 Å². The summed E-state index contributed by atoms with van der Waals surface area (Å²) >= 11 is 3.20. The number of benzene rings is 2. The Bertz CT molecular complexity index is 818. The Labute approximate surface area is 136 Å². The minimum Gasteiger partial charge on any atom is -0.381 e. The number of hydrogen-bond donors (Lipinski definition) is 0. The molecule has 0 aromatic heterocycles. The number of ketones is 1. The molecule has 0 saturated carbocycles. The highest BCUT2D eigenvalue weighted by Gasteiger charge is 2.20. The molecule has 2 aromatic rings. The van der Waals surface area contributed by atoms with Crippen LogP contribution in [0.2, 0.25) is 0 Å². The third-order valence-corrected chi connectivity index (χ3v) is 4.42. The van der Waals surface area contributed by atoms with E-state index in [0.29, 0.717) is 4.47 Å². The molecular weight excluding hydrogens is 375 g/mol. The lowest BCUT2D eigenvalue weighted by Crippen LogP contribution is -2.14. The van der Waals surface area contributed by atoms with Gasteiger partial charge in [0.05, 0.1) is 5.56 Å². The molecule has 0 aliphatic heterocycles. The van der Waals surface area contributed by atoms with E-state index in [1.54, 1.807) is 6.07 Å². The highest BCUT2D eigenvalue weighted by Crippen LogP contribution is 2.26. The standard InChI is InChI=1S/C15H12BrFO4S/c1-10(18)13-8-12(16)6-7-15(13)21-22(19,20)9-11-4-2-3-5-14(11)17/h2-8H,9H2,1H3. The van der Waals surface area contributed by atoms with E-state index < -0.39 is 21.7 Å². The van der Waals surface area contributed by atoms with Crippen molar-refractivity contribution >= 4 is 31.8 Å². The summed E-state index contributed by atoms with van der Waals surface area (Å²) in [6.07, 6.45) is 0. The Kier molecular flexibility index (Phi) is 4.97. The van der Waals surface area contributed by atoms with Crippen LogP contribution in [0.25, 0.3) is 0 Å². The number of Topliss-reactive ketones (excluding diaryl/α,β-unsaturated/α-hetero) is 1. The zero-order valence-electron chi connectivity index (χ0n) is 11.5. The summed E-state index contributed by atoms with van der Waals surface area (Å²) in [5, 5.41) is 0. The van der Waals surface area contributed by atoms with Crippen molar-refractivity contribution in [2.45, 2.75) is 12.7 Å². The van der Waals surface area contributed by atoms with Gasteiger partial charge in [0.2, 0.25) is 0 Å². The van der Waals surface area contributed by atoms with E-state index in [0.717, 1.165) is 0 Å². The zero-order chi connectivity index (χ0) is 16.3. The lowest BCUT2D eigenvalue weighted by atomic mass is 10.1. The predicted molar refractivity (Wildman–Crippen MR) is 83.8 cm³/mol. The molecule has 116 valence electrons. The third-order valence-electron chi connectivity index (χ3n) is 2.83. The quantitative estimate of drug-likeness (QED) is 0.580. The van der Waals surface area contributed by atoms with Crippen LogP contribution in [0.15, 0.2) is 46.9 Å². The lowest BCUT2D eigenvalue weighted by Gasteiger charge is -2.10. The third kappa shape index (κ3) is 4.14. The summed E-state index contributed by atoms with van der Waals surface area (Å²) in [6, 6.07) is 9.94. The highest BCUT2D eigenvalue weighted by molar-refractivity contribution is 9.10. The fourth-order valence-electron chi connectivity index (χ4n) is 1.82. The molecule has 4 nitrogen and oxygen atoms in total. The molecule has 7 heteroatoms. The smallest absolute Gasteiger partial charge is 0.313 e. The normalized spacial score (nSPS) is 11.2. The van der Waals surface area contributed by atoms with Crippen molar-refractivity contribution in [1.29, 1.82) is 0 Å². The minimum absolute atomic E-state index is 0.00369. The maximum absolute atomic E-state index is 13.5. The number of rotatable bonds is 5. The van der Waals surface area contributed by atoms with E-state index in [4.69, 9.17) is 4.18 Å². The van der Waals surface area contributed by atoms with Crippen molar-refractivity contribution in [3.05, 3.63) is 63.9 Å². The first-order valence-electron chi connectivity index (χ1n) is 6.24. The molecule has 0 saturated heterocycles. The van der Waals surface area contributed by atoms with Crippen LogP contribution in [0, 0.1) is 5.82 Å². The van der Waals surface area contributed by atoms with Gasteiger partial charge in [0.1, 0.15) is 11.6 Å². The molecule has 22 heavy (non-hydrogen) atoms. The zero-order valence-corrected chi connectivity index (χ0v) is 13.9. The van der Waals surface area contributed by atoms with Crippen molar-refractivity contribution in [3.63, 3.8) is 0 Å². The molecule has 0 aliphatic carbocycles. The molecule has 0 spiro atoms. The van der Waals surface area contributed by atoms with Gasteiger partial charge in [-0.25, -0.2) is 4.39 Å². The lowest BCUT2D eigenvalue weighted by molar-refractivity contribution is 0.101. The van der Waals surface area contributed by atoms with Gasteiger partial charge in [0, 0.05) is 10.0 Å². The van der Waals surface area contributed by atoms with E-state index in [1.807, 2.05) is 0 Å². The molecule has 2 rings (SSSR count). The first kappa shape index (κ1) is 16.6. The molecule has 2 aromatic carbocycles. The van der Waals surface area contributed by atoms with Crippen molar-refractivity contribution in [2.75, 3.05) is 0 Å². The molecular formula is C15H12BrFO4S. The molecule has 0 atom stereocenters. The second-order valence-corrected chi connectivity index (χ2v) is 7.06. The van der Waals surface area contributed by atoms with Crippen molar-refractivity contribution in [1.82, 2.24) is 0 Å². The van der Waals surface area contributed by atoms with E-state index in [2.05, 4.69) is 15.9 Å². The van der Waals surface area contributed by atoms with Gasteiger partial charge < -0.3 is 4.18 Å². The molecule has 0 bridgehead atoms. The maximum Gasteiger partial charge on any atom is 0.313 e. The van der Waals surface area contributed by atoms with Gasteiger partial charge in [0.15, 0.2) is 11.5 Å². The highest BCUT2D eigenvalue weighted by atomic mass is 79.9. The Morgan fingerprint density at radius 3 is 2.55 bits per heavy atom. The molecule has 0 fully saturated rings. The largest absolute Gasteiger partial charge is 0.381 e. The monoisotopic (exact) mass is 386 g/mol. The summed E-state index contributed by atoms with van der Waals surface area (Å²) in [5.74, 6) is -1.66. The molecule has 0 unspecified atom stereocenters. The molecule has 0 radical (unpaired) electrons. The van der Waals surface area contributed by atoms with Crippen LogP contribution in [0.1, 0.15) is 22.8 Å². The van der Waals surface area contributed by atoms with Crippen LogP contribution in [-0.2, 0) is 15.9 Å². The first-order valence-corrected chi connectivity index (χ1v) is 8.61. The first-order chi connectivity index (χ1) is 10.3. The van der Waals surface area contributed by atoms with Crippen molar-refractivity contribution < 1.29 is 21.8 Å². The van der Waals surface area contributed by atoms with Crippen LogP contribution < -0.4 is 4.18 Å². The molecule has 0 amide bonds. The van der Waals surface area contributed by atoms with Gasteiger partial charge in [0.25, 0.3) is 0 Å². The van der Waals surface area contributed by atoms with Crippen LogP contribution >= 0.6 is 15.9 Å². The second kappa shape index (κ2) is 6.58. The molecule has 0 aliphatic rings. The van der Waals surface area contributed by atoms with E-state index in [1.165, 1.54) is 43.3 Å². The Morgan fingerprint density at radius 2 is 1.91 bits per heavy atom. The topological polar surface area (TPSA) is 60.4 Å². The van der Waals surface area contributed by atoms with Crippen LogP contribution in [0.3, 0.4) is 0 Å². The average Bonchev–Trinajstić information content (AvgIpc) is 2.42. The van der Waals surface area contributed by atoms with Gasteiger partial charge >= 0.3 is 10.1 Å². The summed E-state index contributed by atoms with van der Waals surface area (Å²) < 4.78 is 43.3. The number of carbonyl (C=O) groups is 1. The summed E-state index contributed by atoms with van der Waals surface area (Å²) in [7, 11) is -4.09. The Balaban J connectivity index is 2.30. The summed E-state index contributed by atoms with van der Waals surface area (Å²) in [6.45, 7) is 1.30.